The molecule has 0 bridgehead atoms. The molecule has 4 atom stereocenters. The molecule has 0 amide bonds. The van der Waals surface area contributed by atoms with E-state index < -0.39 is 23.3 Å². The molecule has 8 rings (SSSR count). The highest BCUT2D eigenvalue weighted by molar-refractivity contribution is 6.04. The number of alkyl halides is 1. The van der Waals surface area contributed by atoms with Crippen molar-refractivity contribution in [3.05, 3.63) is 41.5 Å². The van der Waals surface area contributed by atoms with Gasteiger partial charge in [0.25, 0.3) is 0 Å². The summed E-state index contributed by atoms with van der Waals surface area (Å²) in [6.45, 7) is 4.53. The minimum Gasteiger partial charge on any atom is -0.508 e. The molecule has 3 fully saturated rings. The highest BCUT2D eigenvalue weighted by atomic mass is 19.1. The van der Waals surface area contributed by atoms with Gasteiger partial charge in [-0.3, -0.25) is 4.90 Å². The van der Waals surface area contributed by atoms with Crippen molar-refractivity contribution >= 4 is 27.5 Å². The first kappa shape index (κ1) is 29.1. The van der Waals surface area contributed by atoms with Gasteiger partial charge in [-0.25, -0.2) is 18.2 Å². The standard InChI is InChI=1S/C35H34F3N5O3/c1-3-23-25(37)9-8-20-13-22(44)14-24(27(20)23)30-29(38)31-28-32(43-12-5-4-7-19(2)26(43)17-45-33(28)39-30)41-34(40-31)46-18-35-10-6-11-42(35)16-21(36)15-35/h1,8-9,13-14,19,21,26,44H,4-7,10-12,15-18H2,2H3/t19-,21+,26+,35-/m0/s1. The molecule has 0 aliphatic carbocycles. The van der Waals surface area contributed by atoms with Gasteiger partial charge >= 0.3 is 6.01 Å². The molecular weight excluding hydrogens is 595 g/mol. The Bertz CT molecular complexity index is 1930. The molecule has 1 N–H and O–H groups in total. The van der Waals surface area contributed by atoms with Gasteiger partial charge < -0.3 is 19.5 Å². The number of aromatic nitrogens is 3. The molecule has 0 spiro atoms. The number of phenols is 1. The lowest BCUT2D eigenvalue weighted by atomic mass is 9.95. The summed E-state index contributed by atoms with van der Waals surface area (Å²) in [6, 6.07) is 5.38. The van der Waals surface area contributed by atoms with Crippen LogP contribution in [0.2, 0.25) is 0 Å². The summed E-state index contributed by atoms with van der Waals surface area (Å²) in [7, 11) is 0. The van der Waals surface area contributed by atoms with Crippen LogP contribution < -0.4 is 14.4 Å². The average molecular weight is 630 g/mol. The fourth-order valence-corrected chi connectivity index (χ4v) is 8.15. The molecular formula is C35H34F3N5O3. The summed E-state index contributed by atoms with van der Waals surface area (Å²) in [6.07, 6.45) is 9.90. The quantitative estimate of drug-likeness (QED) is 0.269. The van der Waals surface area contributed by atoms with Crippen molar-refractivity contribution in [3.63, 3.8) is 0 Å². The van der Waals surface area contributed by atoms with E-state index in [1.54, 1.807) is 0 Å². The normalized spacial score (nSPS) is 25.9. The van der Waals surface area contributed by atoms with Gasteiger partial charge in [0, 0.05) is 30.5 Å². The predicted molar refractivity (Wildman–Crippen MR) is 168 cm³/mol. The van der Waals surface area contributed by atoms with E-state index in [2.05, 4.69) is 32.6 Å². The number of hydrogen-bond donors (Lipinski definition) is 1. The Morgan fingerprint density at radius 2 is 2.00 bits per heavy atom. The molecule has 6 heterocycles. The van der Waals surface area contributed by atoms with Gasteiger partial charge in [0.2, 0.25) is 5.88 Å². The Hall–Kier alpha value is -4.30. The highest BCUT2D eigenvalue weighted by Crippen LogP contribution is 2.45. The Kier molecular flexibility index (Phi) is 6.90. The number of nitrogens with zero attached hydrogens (tertiary/aromatic N) is 5. The van der Waals surface area contributed by atoms with E-state index in [9.17, 15) is 13.9 Å². The molecule has 0 unspecified atom stereocenters. The van der Waals surface area contributed by atoms with Crippen LogP contribution in [0.25, 0.3) is 32.9 Å². The minimum atomic E-state index is -0.925. The number of ether oxygens (including phenoxy) is 2. The third-order valence-corrected chi connectivity index (χ3v) is 10.4. The molecule has 238 valence electrons. The largest absolute Gasteiger partial charge is 0.508 e. The zero-order chi connectivity index (χ0) is 31.7. The van der Waals surface area contributed by atoms with E-state index in [-0.39, 0.29) is 63.9 Å². The molecule has 0 saturated carbocycles. The molecule has 2 aromatic carbocycles. The smallest absolute Gasteiger partial charge is 0.319 e. The summed E-state index contributed by atoms with van der Waals surface area (Å²) >= 11 is 0. The van der Waals surface area contributed by atoms with Crippen LogP contribution in [0, 0.1) is 29.9 Å². The van der Waals surface area contributed by atoms with Crippen molar-refractivity contribution < 1.29 is 27.8 Å². The zero-order valence-corrected chi connectivity index (χ0v) is 25.5. The lowest BCUT2D eigenvalue weighted by Crippen LogP contribution is -2.44. The van der Waals surface area contributed by atoms with Crippen molar-refractivity contribution in [1.29, 1.82) is 0 Å². The fourth-order valence-electron chi connectivity index (χ4n) is 8.15. The summed E-state index contributed by atoms with van der Waals surface area (Å²) < 4.78 is 59.1. The summed E-state index contributed by atoms with van der Waals surface area (Å²) in [4.78, 5) is 18.4. The van der Waals surface area contributed by atoms with Crippen LogP contribution in [0.15, 0.2) is 24.3 Å². The third kappa shape index (κ3) is 4.52. The molecule has 0 radical (unpaired) electrons. The lowest BCUT2D eigenvalue weighted by molar-refractivity contribution is 0.107. The maximum Gasteiger partial charge on any atom is 0.319 e. The molecule has 8 nitrogen and oxygen atoms in total. The first-order chi connectivity index (χ1) is 22.3. The van der Waals surface area contributed by atoms with Crippen LogP contribution in [-0.4, -0.2) is 75.6 Å². The van der Waals surface area contributed by atoms with Crippen LogP contribution in [0.5, 0.6) is 17.6 Å². The maximum atomic E-state index is 17.0. The molecule has 11 heteroatoms. The second kappa shape index (κ2) is 10.9. The number of rotatable bonds is 4. The number of fused-ring (bicyclic) bond motifs is 4. The summed E-state index contributed by atoms with van der Waals surface area (Å²) in [5.74, 6) is 1.64. The van der Waals surface area contributed by atoms with E-state index >= 15 is 4.39 Å². The number of aromatic hydroxyl groups is 1. The number of hydrogen-bond acceptors (Lipinski definition) is 8. The molecule has 3 saturated heterocycles. The van der Waals surface area contributed by atoms with Gasteiger partial charge in [0.15, 0.2) is 5.82 Å². The van der Waals surface area contributed by atoms with E-state index in [4.69, 9.17) is 20.9 Å². The van der Waals surface area contributed by atoms with Gasteiger partial charge in [-0.1, -0.05) is 25.3 Å². The van der Waals surface area contributed by atoms with Crippen molar-refractivity contribution in [2.24, 2.45) is 5.92 Å². The first-order valence-electron chi connectivity index (χ1n) is 16.0. The topological polar surface area (TPSA) is 83.8 Å². The Labute approximate surface area is 264 Å². The monoisotopic (exact) mass is 629 g/mol. The van der Waals surface area contributed by atoms with Gasteiger partial charge in [0.1, 0.15) is 53.4 Å². The van der Waals surface area contributed by atoms with Gasteiger partial charge in [-0.05, 0) is 61.7 Å². The number of anilines is 1. The Morgan fingerprint density at radius 3 is 2.85 bits per heavy atom. The SMILES string of the molecule is C#Cc1c(F)ccc2cc(O)cc(-c3nc4c5c(nc(OC[C@@]67CCCN6C[C@H](F)C7)nc5c3F)N3CCCC[C@H](C)[C@H]3CO4)c12. The molecule has 4 aromatic rings. The van der Waals surface area contributed by atoms with Crippen LogP contribution in [-0.2, 0) is 0 Å². The minimum absolute atomic E-state index is 0.0123. The van der Waals surface area contributed by atoms with Crippen LogP contribution >= 0.6 is 0 Å². The van der Waals surface area contributed by atoms with Gasteiger partial charge in [-0.2, -0.15) is 9.97 Å². The number of halogens is 3. The fraction of sp³-hybridized carbons (Fsp3) is 0.457. The van der Waals surface area contributed by atoms with Crippen LogP contribution in [0.3, 0.4) is 0 Å². The number of terminal acetylenes is 1. The van der Waals surface area contributed by atoms with Crippen molar-refractivity contribution in [2.75, 3.05) is 37.7 Å². The number of pyridine rings is 1. The van der Waals surface area contributed by atoms with E-state index in [0.717, 1.165) is 38.6 Å². The van der Waals surface area contributed by atoms with Crippen molar-refractivity contribution in [1.82, 2.24) is 19.9 Å². The molecule has 4 aliphatic heterocycles. The molecule has 2 aromatic heterocycles. The summed E-state index contributed by atoms with van der Waals surface area (Å²) in [5.41, 5.74) is -0.668. The third-order valence-electron chi connectivity index (χ3n) is 10.4. The Morgan fingerprint density at radius 1 is 1.13 bits per heavy atom. The van der Waals surface area contributed by atoms with E-state index in [1.165, 1.54) is 24.3 Å². The van der Waals surface area contributed by atoms with Crippen LogP contribution in [0.1, 0.15) is 51.0 Å². The maximum absolute atomic E-state index is 17.0. The lowest BCUT2D eigenvalue weighted by Gasteiger charge is -2.33. The van der Waals surface area contributed by atoms with Crippen molar-refractivity contribution in [3.8, 4) is 41.2 Å². The zero-order valence-electron chi connectivity index (χ0n) is 25.5. The van der Waals surface area contributed by atoms with E-state index in [1.807, 2.05) is 0 Å². The second-order valence-corrected chi connectivity index (χ2v) is 13.2. The highest BCUT2D eigenvalue weighted by Gasteiger charge is 2.49. The first-order valence-corrected chi connectivity index (χ1v) is 16.0. The number of benzene rings is 2. The van der Waals surface area contributed by atoms with Crippen LogP contribution in [0.4, 0.5) is 19.0 Å². The predicted octanol–water partition coefficient (Wildman–Crippen LogP) is 6.15. The van der Waals surface area contributed by atoms with Crippen molar-refractivity contribution in [2.45, 2.75) is 63.2 Å². The molecule has 46 heavy (non-hydrogen) atoms. The van der Waals surface area contributed by atoms with Gasteiger partial charge in [0.05, 0.1) is 17.1 Å². The number of phenolic OH excluding ortho intramolecular Hbond substituents is 1. The van der Waals surface area contributed by atoms with E-state index in [0.29, 0.717) is 42.7 Å². The average Bonchev–Trinajstić information content (AvgIpc) is 3.43. The molecule has 4 aliphatic rings. The Balaban J connectivity index is 1.34. The second-order valence-electron chi connectivity index (χ2n) is 13.2. The summed E-state index contributed by atoms with van der Waals surface area (Å²) in [5, 5.41) is 11.6. The van der Waals surface area contributed by atoms with Gasteiger partial charge in [-0.15, -0.1) is 6.42 Å².